The molecule has 2 heterocycles. The number of likely N-dealkylation sites (tertiary alicyclic amines) is 2. The first kappa shape index (κ1) is 14.1. The highest BCUT2D eigenvalue weighted by atomic mass is 16.4. The van der Waals surface area contributed by atoms with Crippen LogP contribution in [0.25, 0.3) is 0 Å². The predicted octanol–water partition coefficient (Wildman–Crippen LogP) is 0.588. The minimum absolute atomic E-state index is 0.120. The Hall–Kier alpha value is -1.30. The number of piperidine rings is 1. The fourth-order valence-electron chi connectivity index (χ4n) is 2.80. The Balaban J connectivity index is 1.68. The SMILES string of the molecule is O=C(O)C1CCCN(C(=O)NCCN2CCCC2)C1. The Morgan fingerprint density at radius 2 is 1.89 bits per heavy atom. The van der Waals surface area contributed by atoms with E-state index in [4.69, 9.17) is 5.11 Å². The monoisotopic (exact) mass is 269 g/mol. The fraction of sp³-hybridized carbons (Fsp3) is 0.846. The van der Waals surface area contributed by atoms with Crippen LogP contribution in [0.2, 0.25) is 0 Å². The summed E-state index contributed by atoms with van der Waals surface area (Å²) in [6.45, 7) is 4.79. The topological polar surface area (TPSA) is 72.9 Å². The third kappa shape index (κ3) is 4.09. The van der Waals surface area contributed by atoms with Gasteiger partial charge in [0.2, 0.25) is 0 Å². The van der Waals surface area contributed by atoms with E-state index in [1.807, 2.05) is 0 Å². The molecule has 0 bridgehead atoms. The van der Waals surface area contributed by atoms with E-state index in [2.05, 4.69) is 10.2 Å². The second-order valence-electron chi connectivity index (χ2n) is 5.40. The summed E-state index contributed by atoms with van der Waals surface area (Å²) in [5.74, 6) is -1.20. The van der Waals surface area contributed by atoms with E-state index in [1.54, 1.807) is 4.90 Å². The van der Waals surface area contributed by atoms with Gasteiger partial charge in [-0.05, 0) is 38.8 Å². The zero-order chi connectivity index (χ0) is 13.7. The number of aliphatic carboxylic acids is 1. The molecule has 0 spiro atoms. The van der Waals surface area contributed by atoms with E-state index < -0.39 is 11.9 Å². The molecule has 108 valence electrons. The number of rotatable bonds is 4. The van der Waals surface area contributed by atoms with Crippen molar-refractivity contribution in [1.82, 2.24) is 15.1 Å². The van der Waals surface area contributed by atoms with Gasteiger partial charge < -0.3 is 20.2 Å². The third-order valence-electron chi connectivity index (χ3n) is 3.96. The number of carbonyl (C=O) groups is 2. The standard InChI is InChI=1S/C13H23N3O3/c17-12(18)11-4-3-8-16(10-11)13(19)14-5-9-15-6-1-2-7-15/h11H,1-10H2,(H,14,19)(H,17,18). The van der Waals surface area contributed by atoms with Crippen molar-refractivity contribution >= 4 is 12.0 Å². The minimum atomic E-state index is -0.797. The molecule has 1 atom stereocenters. The van der Waals surface area contributed by atoms with Crippen LogP contribution in [0.15, 0.2) is 0 Å². The minimum Gasteiger partial charge on any atom is -0.481 e. The number of nitrogens with zero attached hydrogens (tertiary/aromatic N) is 2. The van der Waals surface area contributed by atoms with Crippen LogP contribution < -0.4 is 5.32 Å². The molecule has 2 fully saturated rings. The summed E-state index contributed by atoms with van der Waals surface area (Å²) in [6.07, 6.45) is 3.95. The van der Waals surface area contributed by atoms with Crippen LogP contribution in [-0.2, 0) is 4.79 Å². The van der Waals surface area contributed by atoms with Crippen LogP contribution in [0.5, 0.6) is 0 Å². The van der Waals surface area contributed by atoms with Gasteiger partial charge >= 0.3 is 12.0 Å². The predicted molar refractivity (Wildman–Crippen MR) is 71.0 cm³/mol. The van der Waals surface area contributed by atoms with Crippen LogP contribution in [0, 0.1) is 5.92 Å². The average molecular weight is 269 g/mol. The van der Waals surface area contributed by atoms with Gasteiger partial charge in [0.25, 0.3) is 0 Å². The van der Waals surface area contributed by atoms with Crippen molar-refractivity contribution in [3.05, 3.63) is 0 Å². The maximum Gasteiger partial charge on any atom is 0.317 e. The van der Waals surface area contributed by atoms with E-state index >= 15 is 0 Å². The first-order valence-corrected chi connectivity index (χ1v) is 7.15. The second kappa shape index (κ2) is 6.75. The lowest BCUT2D eigenvalue weighted by Crippen LogP contribution is -2.48. The zero-order valence-corrected chi connectivity index (χ0v) is 11.3. The van der Waals surface area contributed by atoms with Gasteiger partial charge in [-0.25, -0.2) is 4.79 Å². The number of nitrogens with one attached hydrogen (secondary N) is 1. The Morgan fingerprint density at radius 1 is 1.16 bits per heavy atom. The lowest BCUT2D eigenvalue weighted by Gasteiger charge is -2.31. The normalized spacial score (nSPS) is 24.4. The van der Waals surface area contributed by atoms with E-state index in [1.165, 1.54) is 12.8 Å². The highest BCUT2D eigenvalue weighted by Gasteiger charge is 2.27. The van der Waals surface area contributed by atoms with Gasteiger partial charge in [0, 0.05) is 26.2 Å². The first-order chi connectivity index (χ1) is 9.16. The molecule has 0 aromatic rings. The second-order valence-corrected chi connectivity index (χ2v) is 5.40. The van der Waals surface area contributed by atoms with Crippen LogP contribution >= 0.6 is 0 Å². The van der Waals surface area contributed by atoms with E-state index in [0.29, 0.717) is 26.1 Å². The third-order valence-corrected chi connectivity index (χ3v) is 3.96. The van der Waals surface area contributed by atoms with Crippen LogP contribution in [0.4, 0.5) is 4.79 Å². The summed E-state index contributed by atoms with van der Waals surface area (Å²) in [5, 5.41) is 11.9. The lowest BCUT2D eigenvalue weighted by atomic mass is 9.99. The Bertz CT molecular complexity index is 329. The van der Waals surface area contributed by atoms with Gasteiger partial charge in [-0.1, -0.05) is 0 Å². The Labute approximate surface area is 113 Å². The number of carboxylic acids is 1. The van der Waals surface area contributed by atoms with Crippen molar-refractivity contribution in [2.75, 3.05) is 39.3 Å². The molecule has 2 aliphatic rings. The number of carboxylic acid groups (broad SMARTS) is 1. The van der Waals surface area contributed by atoms with Crippen molar-refractivity contribution < 1.29 is 14.7 Å². The molecule has 6 nitrogen and oxygen atoms in total. The van der Waals surface area contributed by atoms with Crippen molar-refractivity contribution in [1.29, 1.82) is 0 Å². The summed E-state index contributed by atoms with van der Waals surface area (Å²) in [5.41, 5.74) is 0. The van der Waals surface area contributed by atoms with Crippen LogP contribution in [0.3, 0.4) is 0 Å². The Morgan fingerprint density at radius 3 is 2.58 bits per heavy atom. The molecule has 2 saturated heterocycles. The van der Waals surface area contributed by atoms with E-state index in [-0.39, 0.29) is 6.03 Å². The molecule has 2 rings (SSSR count). The molecule has 2 amide bonds. The van der Waals surface area contributed by atoms with Crippen LogP contribution in [0.1, 0.15) is 25.7 Å². The van der Waals surface area contributed by atoms with Gasteiger partial charge in [-0.2, -0.15) is 0 Å². The summed E-state index contributed by atoms with van der Waals surface area (Å²) in [6, 6.07) is -0.120. The molecule has 0 aromatic carbocycles. The molecular formula is C13H23N3O3. The van der Waals surface area contributed by atoms with Crippen molar-refractivity contribution in [2.24, 2.45) is 5.92 Å². The number of hydrogen-bond donors (Lipinski definition) is 2. The highest BCUT2D eigenvalue weighted by molar-refractivity contribution is 5.76. The maximum absolute atomic E-state index is 11.9. The van der Waals surface area contributed by atoms with E-state index in [9.17, 15) is 9.59 Å². The smallest absolute Gasteiger partial charge is 0.317 e. The molecule has 19 heavy (non-hydrogen) atoms. The lowest BCUT2D eigenvalue weighted by molar-refractivity contribution is -0.143. The molecule has 0 aromatic heterocycles. The van der Waals surface area contributed by atoms with Gasteiger partial charge in [0.15, 0.2) is 0 Å². The first-order valence-electron chi connectivity index (χ1n) is 7.15. The fourth-order valence-corrected chi connectivity index (χ4v) is 2.80. The summed E-state index contributed by atoms with van der Waals surface area (Å²) >= 11 is 0. The van der Waals surface area contributed by atoms with Gasteiger partial charge in [-0.15, -0.1) is 0 Å². The van der Waals surface area contributed by atoms with Gasteiger partial charge in [0.1, 0.15) is 0 Å². The Kier molecular flexibility index (Phi) is 5.01. The average Bonchev–Trinajstić information content (AvgIpc) is 2.92. The summed E-state index contributed by atoms with van der Waals surface area (Å²) in [7, 11) is 0. The number of urea groups is 1. The van der Waals surface area contributed by atoms with Crippen molar-refractivity contribution in [2.45, 2.75) is 25.7 Å². The molecule has 2 N–H and O–H groups in total. The summed E-state index contributed by atoms with van der Waals surface area (Å²) < 4.78 is 0. The number of amides is 2. The summed E-state index contributed by atoms with van der Waals surface area (Å²) in [4.78, 5) is 26.9. The largest absolute Gasteiger partial charge is 0.481 e. The number of hydrogen-bond acceptors (Lipinski definition) is 3. The highest BCUT2D eigenvalue weighted by Crippen LogP contribution is 2.16. The van der Waals surface area contributed by atoms with E-state index in [0.717, 1.165) is 26.1 Å². The quantitative estimate of drug-likeness (QED) is 0.783. The molecule has 0 saturated carbocycles. The van der Waals surface area contributed by atoms with Gasteiger partial charge in [-0.3, -0.25) is 4.79 Å². The molecule has 1 unspecified atom stereocenters. The number of carbonyl (C=O) groups excluding carboxylic acids is 1. The maximum atomic E-state index is 11.9. The van der Waals surface area contributed by atoms with Gasteiger partial charge in [0.05, 0.1) is 5.92 Å². The molecule has 0 aliphatic carbocycles. The van der Waals surface area contributed by atoms with Crippen molar-refractivity contribution in [3.8, 4) is 0 Å². The molecule has 0 radical (unpaired) electrons. The van der Waals surface area contributed by atoms with Crippen molar-refractivity contribution in [3.63, 3.8) is 0 Å². The van der Waals surface area contributed by atoms with Crippen LogP contribution in [-0.4, -0.2) is 66.2 Å². The zero-order valence-electron chi connectivity index (χ0n) is 11.3. The molecule has 2 aliphatic heterocycles. The molecular weight excluding hydrogens is 246 g/mol. The molecule has 6 heteroatoms.